The van der Waals surface area contributed by atoms with Gasteiger partial charge in [0, 0.05) is 19.1 Å². The van der Waals surface area contributed by atoms with Crippen LogP contribution < -0.4 is 10.0 Å². The topological polar surface area (TPSA) is 104 Å². The van der Waals surface area contributed by atoms with E-state index < -0.39 is 15.3 Å². The van der Waals surface area contributed by atoms with Crippen molar-refractivity contribution in [2.24, 2.45) is 0 Å². The lowest BCUT2D eigenvalue weighted by atomic mass is 10.1. The highest BCUT2D eigenvalue weighted by atomic mass is 32.2. The zero-order valence-electron chi connectivity index (χ0n) is 14.1. The number of anilines is 1. The van der Waals surface area contributed by atoms with Crippen molar-refractivity contribution < 1.29 is 13.2 Å². The van der Waals surface area contributed by atoms with E-state index in [1.165, 1.54) is 0 Å². The maximum atomic E-state index is 12.5. The van der Waals surface area contributed by atoms with Gasteiger partial charge in [-0.05, 0) is 38.8 Å². The van der Waals surface area contributed by atoms with E-state index in [1.807, 2.05) is 12.1 Å². The molecule has 0 radical (unpaired) electrons. The van der Waals surface area contributed by atoms with E-state index in [0.29, 0.717) is 37.1 Å². The van der Waals surface area contributed by atoms with Crippen LogP contribution in [0.2, 0.25) is 0 Å². The minimum absolute atomic E-state index is 0.123. The van der Waals surface area contributed by atoms with Crippen LogP contribution in [0.4, 0.5) is 10.5 Å². The number of hydrogen-bond donors (Lipinski definition) is 2. The summed E-state index contributed by atoms with van der Waals surface area (Å²) >= 11 is 1.11. The van der Waals surface area contributed by atoms with Gasteiger partial charge >= 0.3 is 6.03 Å². The largest absolute Gasteiger partial charge is 0.324 e. The lowest BCUT2D eigenvalue weighted by Gasteiger charge is -2.32. The van der Waals surface area contributed by atoms with E-state index in [4.69, 9.17) is 0 Å². The number of sulfonamides is 1. The Morgan fingerprint density at radius 2 is 2.00 bits per heavy atom. The van der Waals surface area contributed by atoms with Crippen LogP contribution in [-0.2, 0) is 10.0 Å². The normalized spacial score (nSPS) is 16.5. The van der Waals surface area contributed by atoms with Gasteiger partial charge in [0.05, 0.1) is 22.7 Å². The monoisotopic (exact) mass is 383 g/mol. The Morgan fingerprint density at radius 1 is 1.28 bits per heavy atom. The Bertz CT molecular complexity index is 857. The molecule has 1 aliphatic rings. The third kappa shape index (κ3) is 4.07. The summed E-state index contributed by atoms with van der Waals surface area (Å²) in [6.07, 6.45) is 1.20. The number of fused-ring (bicyclic) bond motifs is 1. The highest BCUT2D eigenvalue weighted by molar-refractivity contribution is 7.90. The number of benzene rings is 1. The number of urea groups is 1. The van der Waals surface area contributed by atoms with Crippen molar-refractivity contribution >= 4 is 44.5 Å². The molecule has 0 atom stereocenters. The molecule has 2 aromatic rings. The van der Waals surface area contributed by atoms with Crippen LogP contribution in [0.25, 0.3) is 11.0 Å². The molecule has 1 aromatic heterocycles. The number of hydrogen-bond acceptors (Lipinski definition) is 6. The van der Waals surface area contributed by atoms with Crippen LogP contribution >= 0.6 is 11.7 Å². The number of carbonyl (C=O) groups excluding carboxylic acids is 1. The van der Waals surface area contributed by atoms with E-state index in [0.717, 1.165) is 17.2 Å². The molecule has 2 N–H and O–H groups in total. The number of carbonyl (C=O) groups is 1. The van der Waals surface area contributed by atoms with Crippen molar-refractivity contribution in [2.45, 2.75) is 38.0 Å². The average molecular weight is 383 g/mol. The van der Waals surface area contributed by atoms with Crippen molar-refractivity contribution in [3.05, 3.63) is 18.2 Å². The number of aromatic nitrogens is 2. The van der Waals surface area contributed by atoms with Crippen LogP contribution in [0, 0.1) is 0 Å². The van der Waals surface area contributed by atoms with E-state index in [1.54, 1.807) is 24.8 Å². The quantitative estimate of drug-likeness (QED) is 0.840. The molecule has 25 heavy (non-hydrogen) atoms. The molecule has 2 amide bonds. The third-order valence-electron chi connectivity index (χ3n) is 4.26. The molecule has 1 saturated heterocycles. The molecule has 2 heterocycles. The maximum Gasteiger partial charge on any atom is 0.321 e. The Balaban J connectivity index is 1.58. The molecule has 0 aliphatic carbocycles. The lowest BCUT2D eigenvalue weighted by molar-refractivity contribution is 0.193. The first kappa shape index (κ1) is 18.0. The van der Waals surface area contributed by atoms with Crippen molar-refractivity contribution in [1.29, 1.82) is 0 Å². The second kappa shape index (κ2) is 7.22. The first-order valence-corrected chi connectivity index (χ1v) is 10.4. The van der Waals surface area contributed by atoms with Crippen LogP contribution in [0.3, 0.4) is 0 Å². The summed E-state index contributed by atoms with van der Waals surface area (Å²) in [5, 5.41) is 2.42. The van der Waals surface area contributed by atoms with Crippen LogP contribution in [0.5, 0.6) is 0 Å². The van der Waals surface area contributed by atoms with Gasteiger partial charge < -0.3 is 10.2 Å². The molecule has 8 nitrogen and oxygen atoms in total. The van der Waals surface area contributed by atoms with E-state index in [2.05, 4.69) is 18.8 Å². The van der Waals surface area contributed by atoms with Gasteiger partial charge in [0.2, 0.25) is 10.0 Å². The molecule has 1 aromatic carbocycles. The predicted octanol–water partition coefficient (Wildman–Crippen LogP) is 2.02. The van der Waals surface area contributed by atoms with E-state index >= 15 is 0 Å². The smallest absolute Gasteiger partial charge is 0.321 e. The molecular formula is C15H21N5O3S2. The number of likely N-dealkylation sites (tertiary alicyclic amines) is 1. The molecule has 0 bridgehead atoms. The SMILES string of the molecule is CC(C)S(=O)(=O)NC1CCN(C(=O)Nc2cccc3nsnc23)CC1. The minimum Gasteiger partial charge on any atom is -0.324 e. The van der Waals surface area contributed by atoms with Crippen LogP contribution in [-0.4, -0.2) is 52.5 Å². The summed E-state index contributed by atoms with van der Waals surface area (Å²) < 4.78 is 35.0. The summed E-state index contributed by atoms with van der Waals surface area (Å²) in [4.78, 5) is 14.2. The molecule has 10 heteroatoms. The van der Waals surface area contributed by atoms with E-state index in [-0.39, 0.29) is 12.1 Å². The van der Waals surface area contributed by atoms with Gasteiger partial charge in [-0.2, -0.15) is 8.75 Å². The zero-order chi connectivity index (χ0) is 18.0. The van der Waals surface area contributed by atoms with Gasteiger partial charge in [0.25, 0.3) is 0 Å². The molecule has 136 valence electrons. The average Bonchev–Trinajstić information content (AvgIpc) is 3.04. The molecule has 3 rings (SSSR count). The summed E-state index contributed by atoms with van der Waals surface area (Å²) in [5.74, 6) is 0. The Labute approximate surface area is 151 Å². The molecule has 0 unspecified atom stereocenters. The lowest BCUT2D eigenvalue weighted by Crippen LogP contribution is -2.48. The summed E-state index contributed by atoms with van der Waals surface area (Å²) in [5.41, 5.74) is 2.07. The van der Waals surface area contributed by atoms with Crippen molar-refractivity contribution in [1.82, 2.24) is 18.4 Å². The fourth-order valence-corrected chi connectivity index (χ4v) is 4.19. The van der Waals surface area contributed by atoms with Gasteiger partial charge in [-0.1, -0.05) is 6.07 Å². The third-order valence-corrected chi connectivity index (χ3v) is 6.71. The van der Waals surface area contributed by atoms with Crippen LogP contribution in [0.15, 0.2) is 18.2 Å². The Morgan fingerprint density at radius 3 is 2.68 bits per heavy atom. The van der Waals surface area contributed by atoms with Crippen molar-refractivity contribution in [3.8, 4) is 0 Å². The zero-order valence-corrected chi connectivity index (χ0v) is 15.7. The highest BCUT2D eigenvalue weighted by Crippen LogP contribution is 2.22. The Kier molecular flexibility index (Phi) is 5.21. The van der Waals surface area contributed by atoms with Gasteiger partial charge in [0.15, 0.2) is 0 Å². The molecule has 0 spiro atoms. The highest BCUT2D eigenvalue weighted by Gasteiger charge is 2.27. The van der Waals surface area contributed by atoms with E-state index in [9.17, 15) is 13.2 Å². The van der Waals surface area contributed by atoms with Crippen LogP contribution in [0.1, 0.15) is 26.7 Å². The number of nitrogens with zero attached hydrogens (tertiary/aromatic N) is 3. The fourth-order valence-electron chi connectivity index (χ4n) is 2.67. The molecule has 0 saturated carbocycles. The number of piperidine rings is 1. The maximum absolute atomic E-state index is 12.5. The van der Waals surface area contributed by atoms with Gasteiger partial charge in [-0.3, -0.25) is 0 Å². The first-order valence-electron chi connectivity index (χ1n) is 8.15. The summed E-state index contributed by atoms with van der Waals surface area (Å²) in [7, 11) is -3.29. The standard InChI is InChI=1S/C15H21N5O3S2/c1-10(2)25(22,23)19-11-6-8-20(9-7-11)15(21)16-12-4-3-5-13-14(12)18-24-17-13/h3-5,10-11,19H,6-9H2,1-2H3,(H,16,21). The minimum atomic E-state index is -3.29. The molecular weight excluding hydrogens is 362 g/mol. The van der Waals surface area contributed by atoms with Gasteiger partial charge in [-0.25, -0.2) is 17.9 Å². The molecule has 1 fully saturated rings. The fraction of sp³-hybridized carbons (Fsp3) is 0.533. The second-order valence-corrected chi connectivity index (χ2v) is 9.14. The second-order valence-electron chi connectivity index (χ2n) is 6.34. The predicted molar refractivity (Wildman–Crippen MR) is 98.2 cm³/mol. The van der Waals surface area contributed by atoms with Gasteiger partial charge in [0.1, 0.15) is 11.0 Å². The van der Waals surface area contributed by atoms with Gasteiger partial charge in [-0.15, -0.1) is 0 Å². The summed E-state index contributed by atoms with van der Waals surface area (Å²) in [6.45, 7) is 4.31. The Hall–Kier alpha value is -1.78. The number of amides is 2. The summed E-state index contributed by atoms with van der Waals surface area (Å²) in [6, 6.07) is 5.14. The molecule has 1 aliphatic heterocycles. The number of nitrogens with one attached hydrogen (secondary N) is 2. The van der Waals surface area contributed by atoms with Crippen molar-refractivity contribution in [2.75, 3.05) is 18.4 Å². The van der Waals surface area contributed by atoms with Crippen molar-refractivity contribution in [3.63, 3.8) is 0 Å². The first-order chi connectivity index (χ1) is 11.9. The number of rotatable bonds is 4.